The first-order valence-electron chi connectivity index (χ1n) is 4.06. The second-order valence-corrected chi connectivity index (χ2v) is 3.59. The summed E-state index contributed by atoms with van der Waals surface area (Å²) in [6.07, 6.45) is 0. The smallest absolute Gasteiger partial charge is 0.242 e. The number of nitrogens with one attached hydrogen (secondary N) is 1. The molecular weight excluding hydrogens is 220 g/mol. The normalized spacial score (nSPS) is 12.2. The van der Waals surface area contributed by atoms with E-state index in [4.69, 9.17) is 17.3 Å². The minimum absolute atomic E-state index is 0.262. The topological polar surface area (TPSA) is 55.1 Å². The lowest BCUT2D eigenvalue weighted by atomic mass is 10.3. The van der Waals surface area contributed by atoms with Crippen LogP contribution in [0, 0.1) is 0 Å². The Morgan fingerprint density at radius 2 is 2.36 bits per heavy atom. The molecule has 1 aromatic carbocycles. The fourth-order valence-electron chi connectivity index (χ4n) is 0.884. The molecular formula is C9H11ClN2OS. The van der Waals surface area contributed by atoms with Crippen molar-refractivity contribution in [2.75, 3.05) is 11.1 Å². The van der Waals surface area contributed by atoms with Gasteiger partial charge in [0.15, 0.2) is 0 Å². The highest BCUT2D eigenvalue weighted by atomic mass is 35.5. The standard InChI is InChI=1S/C9H11ClN2OS/c10-6-2-1-3-7(4-6)12-9(13)8(11)5-14/h1-4,8,14H,5,11H2,(H,12,13). The molecule has 0 saturated carbocycles. The maximum Gasteiger partial charge on any atom is 0.242 e. The van der Waals surface area contributed by atoms with Gasteiger partial charge in [0.1, 0.15) is 0 Å². The van der Waals surface area contributed by atoms with Crippen LogP contribution in [0.25, 0.3) is 0 Å². The Labute approximate surface area is 93.0 Å². The summed E-state index contributed by atoms with van der Waals surface area (Å²) in [5.41, 5.74) is 6.12. The highest BCUT2D eigenvalue weighted by molar-refractivity contribution is 7.80. The van der Waals surface area contributed by atoms with E-state index in [2.05, 4.69) is 17.9 Å². The van der Waals surface area contributed by atoms with E-state index in [0.29, 0.717) is 16.5 Å². The van der Waals surface area contributed by atoms with E-state index in [-0.39, 0.29) is 5.91 Å². The third kappa shape index (κ3) is 3.21. The van der Waals surface area contributed by atoms with Crippen molar-refractivity contribution >= 4 is 35.8 Å². The fourth-order valence-corrected chi connectivity index (χ4v) is 1.24. The molecule has 0 aliphatic rings. The van der Waals surface area contributed by atoms with Gasteiger partial charge in [-0.3, -0.25) is 4.79 Å². The van der Waals surface area contributed by atoms with E-state index in [0.717, 1.165) is 0 Å². The fraction of sp³-hybridized carbons (Fsp3) is 0.222. The van der Waals surface area contributed by atoms with Crippen molar-refractivity contribution in [3.63, 3.8) is 0 Å². The predicted octanol–water partition coefficient (Wildman–Crippen LogP) is 1.54. The van der Waals surface area contributed by atoms with Gasteiger partial charge in [-0.25, -0.2) is 0 Å². The molecule has 0 spiro atoms. The number of rotatable bonds is 3. The Hall–Kier alpha value is -0.710. The highest BCUT2D eigenvalue weighted by Crippen LogP contribution is 2.14. The zero-order valence-corrected chi connectivity index (χ0v) is 9.05. The Kier molecular flexibility index (Phi) is 4.25. The zero-order chi connectivity index (χ0) is 10.6. The van der Waals surface area contributed by atoms with Gasteiger partial charge in [-0.15, -0.1) is 0 Å². The van der Waals surface area contributed by atoms with E-state index in [9.17, 15) is 4.79 Å². The van der Waals surface area contributed by atoms with E-state index in [1.54, 1.807) is 24.3 Å². The van der Waals surface area contributed by atoms with Crippen molar-refractivity contribution in [2.24, 2.45) is 5.73 Å². The summed E-state index contributed by atoms with van der Waals surface area (Å²) in [5.74, 6) is 0.0501. The van der Waals surface area contributed by atoms with Gasteiger partial charge in [0.25, 0.3) is 0 Å². The van der Waals surface area contributed by atoms with Crippen LogP contribution in [0.4, 0.5) is 5.69 Å². The molecule has 0 fully saturated rings. The number of carbonyl (C=O) groups excluding carboxylic acids is 1. The molecule has 1 atom stereocenters. The van der Waals surface area contributed by atoms with Gasteiger partial charge in [-0.05, 0) is 18.2 Å². The van der Waals surface area contributed by atoms with Crippen molar-refractivity contribution in [3.8, 4) is 0 Å². The predicted molar refractivity (Wildman–Crippen MR) is 61.9 cm³/mol. The molecule has 5 heteroatoms. The molecule has 3 nitrogen and oxygen atoms in total. The summed E-state index contributed by atoms with van der Waals surface area (Å²) >= 11 is 9.67. The first-order valence-corrected chi connectivity index (χ1v) is 5.07. The van der Waals surface area contributed by atoms with E-state index >= 15 is 0 Å². The first kappa shape index (κ1) is 11.4. The van der Waals surface area contributed by atoms with Crippen LogP contribution in [0.15, 0.2) is 24.3 Å². The highest BCUT2D eigenvalue weighted by Gasteiger charge is 2.10. The van der Waals surface area contributed by atoms with Crippen LogP contribution >= 0.6 is 24.2 Å². The van der Waals surface area contributed by atoms with Gasteiger partial charge in [-0.1, -0.05) is 17.7 Å². The van der Waals surface area contributed by atoms with E-state index < -0.39 is 6.04 Å². The maximum absolute atomic E-state index is 11.3. The molecule has 0 bridgehead atoms. The Morgan fingerprint density at radius 1 is 1.64 bits per heavy atom. The lowest BCUT2D eigenvalue weighted by Crippen LogP contribution is -2.37. The Bertz CT molecular complexity index is 332. The molecule has 0 heterocycles. The van der Waals surface area contributed by atoms with Crippen LogP contribution in [0.5, 0.6) is 0 Å². The Morgan fingerprint density at radius 3 is 2.93 bits per heavy atom. The maximum atomic E-state index is 11.3. The molecule has 76 valence electrons. The number of hydrogen-bond acceptors (Lipinski definition) is 3. The third-order valence-corrected chi connectivity index (χ3v) is 2.25. The number of anilines is 1. The van der Waals surface area contributed by atoms with Crippen LogP contribution in [0.2, 0.25) is 5.02 Å². The number of nitrogens with two attached hydrogens (primary N) is 1. The summed E-state index contributed by atoms with van der Waals surface area (Å²) in [6.45, 7) is 0. The number of thiol groups is 1. The van der Waals surface area contributed by atoms with Gasteiger partial charge in [0, 0.05) is 16.5 Å². The number of hydrogen-bond donors (Lipinski definition) is 3. The number of benzene rings is 1. The average Bonchev–Trinajstić information content (AvgIpc) is 2.16. The van der Waals surface area contributed by atoms with Crippen LogP contribution < -0.4 is 11.1 Å². The molecule has 0 aliphatic carbocycles. The average molecular weight is 231 g/mol. The molecule has 1 rings (SSSR count). The van der Waals surface area contributed by atoms with Gasteiger partial charge in [0.2, 0.25) is 5.91 Å². The van der Waals surface area contributed by atoms with Gasteiger partial charge in [0.05, 0.1) is 6.04 Å². The summed E-state index contributed by atoms with van der Waals surface area (Å²) in [7, 11) is 0. The first-order chi connectivity index (χ1) is 6.63. The molecule has 0 aliphatic heterocycles. The second-order valence-electron chi connectivity index (χ2n) is 2.79. The van der Waals surface area contributed by atoms with Crippen LogP contribution in [0.1, 0.15) is 0 Å². The van der Waals surface area contributed by atoms with Crippen LogP contribution in [0.3, 0.4) is 0 Å². The minimum atomic E-state index is -0.600. The van der Waals surface area contributed by atoms with Crippen LogP contribution in [-0.2, 0) is 4.79 Å². The lowest BCUT2D eigenvalue weighted by Gasteiger charge is -2.09. The number of halogens is 1. The summed E-state index contributed by atoms with van der Waals surface area (Å²) in [6, 6.07) is 6.29. The molecule has 1 aromatic rings. The van der Waals surface area contributed by atoms with Gasteiger partial charge >= 0.3 is 0 Å². The zero-order valence-electron chi connectivity index (χ0n) is 7.40. The monoisotopic (exact) mass is 230 g/mol. The summed E-state index contributed by atoms with van der Waals surface area (Å²) in [5, 5.41) is 3.21. The molecule has 3 N–H and O–H groups in total. The second kappa shape index (κ2) is 5.24. The van der Waals surface area contributed by atoms with Crippen molar-refractivity contribution < 1.29 is 4.79 Å². The largest absolute Gasteiger partial charge is 0.325 e. The molecule has 0 aromatic heterocycles. The molecule has 1 unspecified atom stereocenters. The van der Waals surface area contributed by atoms with Gasteiger partial charge in [-0.2, -0.15) is 12.6 Å². The SMILES string of the molecule is NC(CS)C(=O)Nc1cccc(Cl)c1. The summed E-state index contributed by atoms with van der Waals surface area (Å²) < 4.78 is 0. The molecule has 14 heavy (non-hydrogen) atoms. The number of carbonyl (C=O) groups is 1. The van der Waals surface area contributed by atoms with E-state index in [1.807, 2.05) is 0 Å². The van der Waals surface area contributed by atoms with E-state index in [1.165, 1.54) is 0 Å². The van der Waals surface area contributed by atoms with Crippen molar-refractivity contribution in [1.29, 1.82) is 0 Å². The quantitative estimate of drug-likeness (QED) is 0.690. The van der Waals surface area contributed by atoms with Crippen molar-refractivity contribution in [1.82, 2.24) is 0 Å². The number of amides is 1. The van der Waals surface area contributed by atoms with Crippen LogP contribution in [-0.4, -0.2) is 17.7 Å². The molecule has 1 amide bonds. The molecule has 0 saturated heterocycles. The third-order valence-electron chi connectivity index (χ3n) is 1.63. The summed E-state index contributed by atoms with van der Waals surface area (Å²) in [4.78, 5) is 11.3. The Balaban J connectivity index is 2.65. The van der Waals surface area contributed by atoms with Crippen molar-refractivity contribution in [2.45, 2.75) is 6.04 Å². The lowest BCUT2D eigenvalue weighted by molar-refractivity contribution is -0.116. The molecule has 0 radical (unpaired) electrons. The van der Waals surface area contributed by atoms with Crippen molar-refractivity contribution in [3.05, 3.63) is 29.3 Å². The van der Waals surface area contributed by atoms with Gasteiger partial charge < -0.3 is 11.1 Å². The minimum Gasteiger partial charge on any atom is -0.325 e.